The number of rotatable bonds is 5. The molecule has 0 fully saturated rings. The number of aryl methyl sites for hydroxylation is 1. The van der Waals surface area contributed by atoms with E-state index >= 15 is 0 Å². The largest absolute Gasteiger partial charge is 0.454 e. The standard InChI is InChI=1S/C21H17F3N2O4S/c1-13-6-8-15(9-7-13)31(29,30)25-20(28)19-14(2)16(10-11-18(27)21(22,23)24)26-12-4-3-5-17(19)26/h3-12H,1-2H3,(H,25,28)/b11-10+. The highest BCUT2D eigenvalue weighted by Gasteiger charge is 2.36. The fourth-order valence-electron chi connectivity index (χ4n) is 3.05. The molecule has 0 unspecified atom stereocenters. The Morgan fingerprint density at radius 1 is 1.03 bits per heavy atom. The van der Waals surface area contributed by atoms with Gasteiger partial charge in [0.25, 0.3) is 21.7 Å². The van der Waals surface area contributed by atoms with Crippen molar-refractivity contribution in [3.8, 4) is 0 Å². The summed E-state index contributed by atoms with van der Waals surface area (Å²) >= 11 is 0. The molecule has 1 aromatic carbocycles. The second-order valence-corrected chi connectivity index (χ2v) is 8.47. The summed E-state index contributed by atoms with van der Waals surface area (Å²) in [6, 6.07) is 10.6. The van der Waals surface area contributed by atoms with Crippen LogP contribution in [0.1, 0.15) is 27.2 Å². The quantitative estimate of drug-likeness (QED) is 0.599. The first-order valence-electron chi connectivity index (χ1n) is 8.94. The van der Waals surface area contributed by atoms with Crippen LogP contribution < -0.4 is 4.72 Å². The molecule has 2 aromatic heterocycles. The number of halogens is 3. The first-order valence-corrected chi connectivity index (χ1v) is 10.4. The number of hydrogen-bond donors (Lipinski definition) is 1. The van der Waals surface area contributed by atoms with E-state index in [2.05, 4.69) is 0 Å². The highest BCUT2D eigenvalue weighted by Crippen LogP contribution is 2.26. The van der Waals surface area contributed by atoms with E-state index < -0.39 is 27.9 Å². The third-order valence-electron chi connectivity index (χ3n) is 4.59. The first-order chi connectivity index (χ1) is 14.4. The van der Waals surface area contributed by atoms with Gasteiger partial charge in [-0.3, -0.25) is 9.59 Å². The Morgan fingerprint density at radius 3 is 2.29 bits per heavy atom. The third-order valence-corrected chi connectivity index (χ3v) is 5.94. The van der Waals surface area contributed by atoms with Gasteiger partial charge in [0, 0.05) is 11.9 Å². The molecule has 0 bridgehead atoms. The average molecular weight is 450 g/mol. The van der Waals surface area contributed by atoms with Gasteiger partial charge in [0.15, 0.2) is 0 Å². The molecule has 0 saturated heterocycles. The predicted molar refractivity (Wildman–Crippen MR) is 108 cm³/mol. The number of allylic oxidation sites excluding steroid dienone is 1. The Hall–Kier alpha value is -3.40. The number of pyridine rings is 1. The maximum atomic E-state index is 12.9. The van der Waals surface area contributed by atoms with Crippen molar-refractivity contribution >= 4 is 33.3 Å². The van der Waals surface area contributed by atoms with E-state index in [0.717, 1.165) is 11.6 Å². The Kier molecular flexibility index (Phi) is 5.77. The minimum atomic E-state index is -5.03. The van der Waals surface area contributed by atoms with Gasteiger partial charge < -0.3 is 4.40 Å². The number of aromatic nitrogens is 1. The molecule has 1 N–H and O–H groups in total. The van der Waals surface area contributed by atoms with Crippen LogP contribution >= 0.6 is 0 Å². The molecule has 31 heavy (non-hydrogen) atoms. The van der Waals surface area contributed by atoms with E-state index in [1.54, 1.807) is 31.2 Å². The Morgan fingerprint density at radius 2 is 1.68 bits per heavy atom. The zero-order valence-corrected chi connectivity index (χ0v) is 17.2. The fraction of sp³-hybridized carbons (Fsp3) is 0.143. The summed E-state index contributed by atoms with van der Waals surface area (Å²) in [7, 11) is -4.18. The van der Waals surface area contributed by atoms with Crippen molar-refractivity contribution in [2.45, 2.75) is 24.9 Å². The van der Waals surface area contributed by atoms with Crippen LogP contribution in [0.25, 0.3) is 11.6 Å². The lowest BCUT2D eigenvalue weighted by molar-refractivity contribution is -0.165. The van der Waals surface area contributed by atoms with Crippen molar-refractivity contribution in [2.75, 3.05) is 0 Å². The maximum absolute atomic E-state index is 12.9. The summed E-state index contributed by atoms with van der Waals surface area (Å²) in [4.78, 5) is 24.0. The Balaban J connectivity index is 2.04. The van der Waals surface area contributed by atoms with Crippen molar-refractivity contribution in [3.05, 3.63) is 77.1 Å². The normalized spacial score (nSPS) is 12.4. The van der Waals surface area contributed by atoms with E-state index in [-0.39, 0.29) is 27.2 Å². The number of fused-ring (bicyclic) bond motifs is 1. The van der Waals surface area contributed by atoms with Crippen LogP contribution in [-0.2, 0) is 14.8 Å². The number of benzene rings is 1. The molecule has 162 valence electrons. The number of sulfonamides is 1. The molecular formula is C21H17F3N2O4S. The monoisotopic (exact) mass is 450 g/mol. The van der Waals surface area contributed by atoms with Gasteiger partial charge in [0.1, 0.15) is 0 Å². The zero-order chi connectivity index (χ0) is 23.0. The molecule has 10 heteroatoms. The number of nitrogens with zero attached hydrogens (tertiary/aromatic N) is 1. The van der Waals surface area contributed by atoms with Crippen LogP contribution in [0, 0.1) is 13.8 Å². The smallest absolute Gasteiger partial charge is 0.316 e. The highest BCUT2D eigenvalue weighted by atomic mass is 32.2. The number of ketones is 1. The molecular weight excluding hydrogens is 433 g/mol. The SMILES string of the molecule is Cc1ccc(S(=O)(=O)NC(=O)c2c(C)c(/C=C/C(=O)C(F)(F)F)n3ccccc23)cc1. The summed E-state index contributed by atoms with van der Waals surface area (Å²) in [5.41, 5.74) is 1.44. The molecule has 3 aromatic rings. The fourth-order valence-corrected chi connectivity index (χ4v) is 4.01. The molecule has 1 amide bonds. The average Bonchev–Trinajstić information content (AvgIpc) is 2.96. The zero-order valence-electron chi connectivity index (χ0n) is 16.4. The van der Waals surface area contributed by atoms with E-state index in [0.29, 0.717) is 6.08 Å². The molecule has 0 aliphatic rings. The van der Waals surface area contributed by atoms with Crippen LogP contribution in [0.3, 0.4) is 0 Å². The van der Waals surface area contributed by atoms with Crippen LogP contribution in [0.2, 0.25) is 0 Å². The lowest BCUT2D eigenvalue weighted by Gasteiger charge is -2.07. The highest BCUT2D eigenvalue weighted by molar-refractivity contribution is 7.90. The summed E-state index contributed by atoms with van der Waals surface area (Å²) in [5.74, 6) is -2.99. The molecule has 0 aliphatic carbocycles. The maximum Gasteiger partial charge on any atom is 0.454 e. The van der Waals surface area contributed by atoms with E-state index in [1.165, 1.54) is 35.7 Å². The van der Waals surface area contributed by atoms with Crippen LogP contribution in [0.4, 0.5) is 13.2 Å². The molecule has 0 radical (unpaired) electrons. The van der Waals surface area contributed by atoms with Crippen molar-refractivity contribution in [2.24, 2.45) is 0 Å². The number of carbonyl (C=O) groups excluding carboxylic acids is 2. The van der Waals surface area contributed by atoms with Crippen LogP contribution in [-0.4, -0.2) is 30.7 Å². The Bertz CT molecular complexity index is 1300. The number of carbonyl (C=O) groups is 2. The number of alkyl halides is 3. The lowest BCUT2D eigenvalue weighted by Crippen LogP contribution is -2.30. The van der Waals surface area contributed by atoms with E-state index in [9.17, 15) is 31.2 Å². The molecule has 0 saturated carbocycles. The van der Waals surface area contributed by atoms with Gasteiger partial charge >= 0.3 is 6.18 Å². The minimum absolute atomic E-state index is 0.0320. The van der Waals surface area contributed by atoms with Gasteiger partial charge in [-0.2, -0.15) is 13.2 Å². The van der Waals surface area contributed by atoms with E-state index in [4.69, 9.17) is 0 Å². The molecule has 0 spiro atoms. The van der Waals surface area contributed by atoms with E-state index in [1.807, 2.05) is 4.72 Å². The molecule has 6 nitrogen and oxygen atoms in total. The molecule has 2 heterocycles. The second-order valence-electron chi connectivity index (χ2n) is 6.78. The van der Waals surface area contributed by atoms with Crippen molar-refractivity contribution in [1.29, 1.82) is 0 Å². The van der Waals surface area contributed by atoms with Crippen LogP contribution in [0.15, 0.2) is 59.6 Å². The minimum Gasteiger partial charge on any atom is -0.316 e. The molecule has 3 rings (SSSR count). The predicted octanol–water partition coefficient (Wildman–Crippen LogP) is 3.82. The third kappa shape index (κ3) is 4.53. The summed E-state index contributed by atoms with van der Waals surface area (Å²) in [6.07, 6.45) is -2.22. The van der Waals surface area contributed by atoms with Crippen molar-refractivity contribution < 1.29 is 31.2 Å². The van der Waals surface area contributed by atoms with Gasteiger partial charge in [-0.15, -0.1) is 0 Å². The summed E-state index contributed by atoms with van der Waals surface area (Å²) < 4.78 is 66.2. The van der Waals surface area contributed by atoms with Gasteiger partial charge in [-0.05, 0) is 55.8 Å². The number of nitrogens with one attached hydrogen (secondary N) is 1. The van der Waals surface area contributed by atoms with Gasteiger partial charge in [0.2, 0.25) is 0 Å². The first kappa shape index (κ1) is 22.3. The van der Waals surface area contributed by atoms with Gasteiger partial charge in [0.05, 0.1) is 16.0 Å². The number of hydrogen-bond acceptors (Lipinski definition) is 4. The molecule has 0 atom stereocenters. The molecule has 0 aliphatic heterocycles. The van der Waals surface area contributed by atoms with Crippen molar-refractivity contribution in [3.63, 3.8) is 0 Å². The summed E-state index contributed by atoms with van der Waals surface area (Å²) in [5, 5.41) is 0. The van der Waals surface area contributed by atoms with Crippen molar-refractivity contribution in [1.82, 2.24) is 9.12 Å². The summed E-state index contributed by atoms with van der Waals surface area (Å²) in [6.45, 7) is 3.24. The second kappa shape index (κ2) is 8.03. The topological polar surface area (TPSA) is 84.7 Å². The van der Waals surface area contributed by atoms with Gasteiger partial charge in [-0.1, -0.05) is 23.8 Å². The van der Waals surface area contributed by atoms with Crippen LogP contribution in [0.5, 0.6) is 0 Å². The Labute approximate surface area is 176 Å². The number of amides is 1. The van der Waals surface area contributed by atoms with Gasteiger partial charge in [-0.25, -0.2) is 13.1 Å². The lowest BCUT2D eigenvalue weighted by atomic mass is 10.1.